The molecule has 4 heteroatoms. The average Bonchev–Trinajstić information content (AvgIpc) is 3.05. The minimum Gasteiger partial charge on any atom is -0.340 e. The number of carbonyl (C=O) groups excluding carboxylic acids is 1. The Kier molecular flexibility index (Phi) is 4.39. The summed E-state index contributed by atoms with van der Waals surface area (Å²) >= 11 is 3.48. The predicted molar refractivity (Wildman–Crippen MR) is 81.4 cm³/mol. The van der Waals surface area contributed by atoms with Crippen molar-refractivity contribution in [3.63, 3.8) is 0 Å². The lowest BCUT2D eigenvalue weighted by atomic mass is 10.2. The molecule has 2 rings (SSSR count). The number of nitrogens with zero attached hydrogens (tertiary/aromatic N) is 2. The number of hydrogen-bond donors (Lipinski definition) is 0. The zero-order chi connectivity index (χ0) is 14.2. The standard InChI is InChI=1S/C15H23BrN2O/c1-10(2)17-9-13(16)7-14(17)15(19)18(11(3)4)8-12-5-6-12/h7,9-12H,5-6,8H2,1-4H3. The van der Waals surface area contributed by atoms with E-state index in [2.05, 4.69) is 48.2 Å². The Labute approximate surface area is 124 Å². The van der Waals surface area contributed by atoms with E-state index in [0.717, 1.165) is 22.6 Å². The van der Waals surface area contributed by atoms with E-state index in [1.807, 2.05) is 17.2 Å². The van der Waals surface area contributed by atoms with Crippen LogP contribution in [0.2, 0.25) is 0 Å². The molecule has 0 atom stereocenters. The Hall–Kier alpha value is -0.770. The summed E-state index contributed by atoms with van der Waals surface area (Å²) in [6.07, 6.45) is 4.53. The van der Waals surface area contributed by atoms with Gasteiger partial charge in [0.15, 0.2) is 0 Å². The minimum atomic E-state index is 0.154. The maximum Gasteiger partial charge on any atom is 0.270 e. The van der Waals surface area contributed by atoms with Gasteiger partial charge in [0.05, 0.1) is 0 Å². The van der Waals surface area contributed by atoms with Crippen molar-refractivity contribution in [3.05, 3.63) is 22.4 Å². The predicted octanol–water partition coefficient (Wildman–Crippen LogP) is 4.09. The van der Waals surface area contributed by atoms with Crippen LogP contribution in [0.3, 0.4) is 0 Å². The van der Waals surface area contributed by atoms with Crippen molar-refractivity contribution in [2.24, 2.45) is 5.92 Å². The van der Waals surface area contributed by atoms with Gasteiger partial charge in [-0.15, -0.1) is 0 Å². The molecule has 1 amide bonds. The van der Waals surface area contributed by atoms with Gasteiger partial charge in [0, 0.05) is 29.3 Å². The lowest BCUT2D eigenvalue weighted by Gasteiger charge is -2.27. The van der Waals surface area contributed by atoms with E-state index in [0.29, 0.717) is 6.04 Å². The highest BCUT2D eigenvalue weighted by Gasteiger charge is 2.30. The SMILES string of the molecule is CC(C)N(CC1CC1)C(=O)c1cc(Br)cn1C(C)C. The van der Waals surface area contributed by atoms with Gasteiger partial charge < -0.3 is 9.47 Å². The lowest BCUT2D eigenvalue weighted by Crippen LogP contribution is -2.39. The lowest BCUT2D eigenvalue weighted by molar-refractivity contribution is 0.0683. The molecular formula is C15H23BrN2O. The van der Waals surface area contributed by atoms with Gasteiger partial charge in [0.1, 0.15) is 5.69 Å². The van der Waals surface area contributed by atoms with Crippen LogP contribution in [-0.2, 0) is 0 Å². The molecule has 1 aliphatic carbocycles. The fourth-order valence-electron chi connectivity index (χ4n) is 2.30. The molecule has 1 saturated carbocycles. The van der Waals surface area contributed by atoms with Gasteiger partial charge in [-0.05, 0) is 68.5 Å². The molecule has 1 fully saturated rings. The van der Waals surface area contributed by atoms with Crippen LogP contribution in [-0.4, -0.2) is 28.0 Å². The molecule has 0 aliphatic heterocycles. The second-order valence-electron chi connectivity index (χ2n) is 6.04. The quantitative estimate of drug-likeness (QED) is 0.799. The van der Waals surface area contributed by atoms with E-state index < -0.39 is 0 Å². The molecule has 106 valence electrons. The van der Waals surface area contributed by atoms with Crippen molar-refractivity contribution in [1.29, 1.82) is 0 Å². The van der Waals surface area contributed by atoms with Crippen LogP contribution in [0.4, 0.5) is 0 Å². The molecule has 0 radical (unpaired) electrons. The molecule has 1 aromatic rings. The zero-order valence-corrected chi connectivity index (χ0v) is 13.8. The zero-order valence-electron chi connectivity index (χ0n) is 12.2. The van der Waals surface area contributed by atoms with Crippen molar-refractivity contribution in [2.45, 2.75) is 52.6 Å². The van der Waals surface area contributed by atoms with Gasteiger partial charge in [-0.3, -0.25) is 4.79 Å². The van der Waals surface area contributed by atoms with Crippen LogP contribution in [0.5, 0.6) is 0 Å². The first-order valence-electron chi connectivity index (χ1n) is 7.08. The van der Waals surface area contributed by atoms with Gasteiger partial charge >= 0.3 is 0 Å². The number of hydrogen-bond acceptors (Lipinski definition) is 1. The highest BCUT2D eigenvalue weighted by molar-refractivity contribution is 9.10. The van der Waals surface area contributed by atoms with Crippen molar-refractivity contribution >= 4 is 21.8 Å². The molecule has 1 heterocycles. The molecule has 0 bridgehead atoms. The second kappa shape index (κ2) is 5.70. The van der Waals surface area contributed by atoms with Gasteiger partial charge in [-0.2, -0.15) is 0 Å². The minimum absolute atomic E-state index is 0.154. The number of aromatic nitrogens is 1. The normalized spacial score (nSPS) is 15.3. The second-order valence-corrected chi connectivity index (χ2v) is 6.95. The molecule has 1 aliphatic rings. The molecule has 0 unspecified atom stereocenters. The van der Waals surface area contributed by atoms with Crippen molar-refractivity contribution in [3.8, 4) is 0 Å². The summed E-state index contributed by atoms with van der Waals surface area (Å²) in [6, 6.07) is 2.48. The molecule has 0 aromatic carbocycles. The summed E-state index contributed by atoms with van der Waals surface area (Å²) in [6.45, 7) is 9.29. The average molecular weight is 327 g/mol. The van der Waals surface area contributed by atoms with Gasteiger partial charge in [-0.25, -0.2) is 0 Å². The first-order valence-corrected chi connectivity index (χ1v) is 7.87. The first-order chi connectivity index (χ1) is 8.90. The number of amides is 1. The fraction of sp³-hybridized carbons (Fsp3) is 0.667. The van der Waals surface area contributed by atoms with Gasteiger partial charge in [-0.1, -0.05) is 0 Å². The summed E-state index contributed by atoms with van der Waals surface area (Å²) in [4.78, 5) is 14.8. The summed E-state index contributed by atoms with van der Waals surface area (Å²) in [7, 11) is 0. The Morgan fingerprint density at radius 2 is 2.05 bits per heavy atom. The van der Waals surface area contributed by atoms with E-state index in [1.54, 1.807) is 0 Å². The van der Waals surface area contributed by atoms with Crippen LogP contribution in [0, 0.1) is 5.92 Å². The molecule has 0 N–H and O–H groups in total. The van der Waals surface area contributed by atoms with E-state index in [-0.39, 0.29) is 11.9 Å². The third-order valence-electron chi connectivity index (χ3n) is 3.63. The molecule has 3 nitrogen and oxygen atoms in total. The molecule has 0 saturated heterocycles. The maximum absolute atomic E-state index is 12.8. The van der Waals surface area contributed by atoms with Crippen molar-refractivity contribution < 1.29 is 4.79 Å². The third-order valence-corrected chi connectivity index (χ3v) is 4.06. The summed E-state index contributed by atoms with van der Waals surface area (Å²) < 4.78 is 3.02. The molecule has 19 heavy (non-hydrogen) atoms. The van der Waals surface area contributed by atoms with E-state index >= 15 is 0 Å². The number of halogens is 1. The molecule has 1 aromatic heterocycles. The van der Waals surface area contributed by atoms with Crippen molar-refractivity contribution in [2.75, 3.05) is 6.54 Å². The van der Waals surface area contributed by atoms with Crippen LogP contribution in [0.1, 0.15) is 57.1 Å². The molecule has 0 spiro atoms. The number of carbonyl (C=O) groups is 1. The van der Waals surface area contributed by atoms with Crippen LogP contribution < -0.4 is 0 Å². The first kappa shape index (κ1) is 14.6. The monoisotopic (exact) mass is 326 g/mol. The highest BCUT2D eigenvalue weighted by atomic mass is 79.9. The van der Waals surface area contributed by atoms with Gasteiger partial charge in [0.2, 0.25) is 0 Å². The van der Waals surface area contributed by atoms with E-state index in [4.69, 9.17) is 0 Å². The Balaban J connectivity index is 2.24. The smallest absolute Gasteiger partial charge is 0.270 e. The Bertz CT molecular complexity index is 461. The maximum atomic E-state index is 12.8. The fourth-order valence-corrected chi connectivity index (χ4v) is 2.74. The summed E-state index contributed by atoms with van der Waals surface area (Å²) in [5.74, 6) is 0.874. The van der Waals surface area contributed by atoms with Crippen LogP contribution in [0.25, 0.3) is 0 Å². The largest absolute Gasteiger partial charge is 0.340 e. The Morgan fingerprint density at radius 1 is 1.42 bits per heavy atom. The Morgan fingerprint density at radius 3 is 2.53 bits per heavy atom. The van der Waals surface area contributed by atoms with E-state index in [1.165, 1.54) is 12.8 Å². The number of rotatable bonds is 5. The van der Waals surface area contributed by atoms with Gasteiger partial charge in [0.25, 0.3) is 5.91 Å². The van der Waals surface area contributed by atoms with Crippen molar-refractivity contribution in [1.82, 2.24) is 9.47 Å². The summed E-state index contributed by atoms with van der Waals surface area (Å²) in [5.41, 5.74) is 0.788. The highest BCUT2D eigenvalue weighted by Crippen LogP contribution is 2.31. The summed E-state index contributed by atoms with van der Waals surface area (Å²) in [5, 5.41) is 0. The molecular weight excluding hydrogens is 304 g/mol. The topological polar surface area (TPSA) is 25.2 Å². The van der Waals surface area contributed by atoms with E-state index in [9.17, 15) is 4.79 Å². The van der Waals surface area contributed by atoms with Crippen LogP contribution >= 0.6 is 15.9 Å². The van der Waals surface area contributed by atoms with Crippen LogP contribution in [0.15, 0.2) is 16.7 Å². The third kappa shape index (κ3) is 3.41.